The monoisotopic (exact) mass is 523 g/mol. The number of carbonyl (C=O) groups excluding carboxylic acids is 2. The largest absolute Gasteiger partial charge is 0.497 e. The molecule has 0 aliphatic rings. The Balaban J connectivity index is 2.41. The molecular weight excluding hydrogens is 490 g/mol. The van der Waals surface area contributed by atoms with Gasteiger partial charge < -0.3 is 15.0 Å². The van der Waals surface area contributed by atoms with E-state index in [-0.39, 0.29) is 23.2 Å². The molecule has 0 unspecified atom stereocenters. The number of hydrogen-bond acceptors (Lipinski definition) is 5. The molecule has 2 amide bonds. The minimum absolute atomic E-state index is 0.128. The van der Waals surface area contributed by atoms with Crippen molar-refractivity contribution < 1.29 is 22.7 Å². The average molecular weight is 524 g/mol. The van der Waals surface area contributed by atoms with Gasteiger partial charge in [-0.25, -0.2) is 8.42 Å². The molecule has 2 aromatic rings. The lowest BCUT2D eigenvalue weighted by atomic mass is 10.1. The molecule has 0 saturated carbocycles. The molecule has 192 valence electrons. The number of anilines is 1. The van der Waals surface area contributed by atoms with E-state index in [9.17, 15) is 18.0 Å². The number of benzene rings is 2. The van der Waals surface area contributed by atoms with Crippen LogP contribution >= 0.6 is 11.6 Å². The molecule has 1 N–H and O–H groups in total. The molecule has 2 aromatic carbocycles. The molecule has 8 nitrogen and oxygen atoms in total. The Bertz CT molecular complexity index is 1090. The van der Waals surface area contributed by atoms with Crippen molar-refractivity contribution in [2.75, 3.05) is 30.8 Å². The lowest BCUT2D eigenvalue weighted by molar-refractivity contribution is -0.140. The molecule has 0 bridgehead atoms. The van der Waals surface area contributed by atoms with Crippen LogP contribution in [0, 0.1) is 0 Å². The van der Waals surface area contributed by atoms with Gasteiger partial charge in [-0.1, -0.05) is 56.1 Å². The number of rotatable bonds is 13. The molecule has 0 fully saturated rings. The van der Waals surface area contributed by atoms with E-state index in [1.54, 1.807) is 43.5 Å². The number of halogens is 1. The molecular formula is C25H34ClN3O5S. The molecule has 0 radical (unpaired) electrons. The highest BCUT2D eigenvalue weighted by atomic mass is 35.5. The van der Waals surface area contributed by atoms with E-state index in [0.717, 1.165) is 29.0 Å². The molecule has 10 heteroatoms. The van der Waals surface area contributed by atoms with Crippen molar-refractivity contribution in [2.45, 2.75) is 45.7 Å². The zero-order chi connectivity index (χ0) is 26.0. The number of hydrogen-bond donors (Lipinski definition) is 1. The first kappa shape index (κ1) is 28.5. The molecule has 0 saturated heterocycles. The van der Waals surface area contributed by atoms with Gasteiger partial charge in [0.1, 0.15) is 18.3 Å². The van der Waals surface area contributed by atoms with Gasteiger partial charge in [-0.2, -0.15) is 0 Å². The molecule has 0 heterocycles. The maximum atomic E-state index is 13.6. The van der Waals surface area contributed by atoms with Crippen molar-refractivity contribution in [3.05, 3.63) is 59.1 Å². The van der Waals surface area contributed by atoms with Gasteiger partial charge in [0, 0.05) is 13.1 Å². The first-order chi connectivity index (χ1) is 16.6. The quantitative estimate of drug-likeness (QED) is 0.402. The summed E-state index contributed by atoms with van der Waals surface area (Å²) in [6, 6.07) is 12.8. The zero-order valence-electron chi connectivity index (χ0n) is 20.7. The Morgan fingerprint density at radius 1 is 1.09 bits per heavy atom. The highest BCUT2D eigenvalue weighted by Crippen LogP contribution is 2.27. The summed E-state index contributed by atoms with van der Waals surface area (Å²) < 4.78 is 31.4. The number of unbranched alkanes of at least 4 members (excludes halogenated alkanes) is 1. The van der Waals surface area contributed by atoms with Crippen LogP contribution in [-0.2, 0) is 26.2 Å². The molecule has 35 heavy (non-hydrogen) atoms. The third kappa shape index (κ3) is 8.14. The number of ether oxygens (including phenoxy) is 1. The summed E-state index contributed by atoms with van der Waals surface area (Å²) in [4.78, 5) is 28.1. The Morgan fingerprint density at radius 3 is 2.29 bits per heavy atom. The van der Waals surface area contributed by atoms with Gasteiger partial charge in [0.25, 0.3) is 0 Å². The summed E-state index contributed by atoms with van der Waals surface area (Å²) in [6.45, 7) is 3.99. The lowest BCUT2D eigenvalue weighted by Crippen LogP contribution is -2.52. The maximum absolute atomic E-state index is 13.6. The first-order valence-electron chi connectivity index (χ1n) is 11.5. The second kappa shape index (κ2) is 13.3. The van der Waals surface area contributed by atoms with E-state index in [1.807, 2.05) is 26.0 Å². The van der Waals surface area contributed by atoms with Gasteiger partial charge in [-0.05, 0) is 42.7 Å². The SMILES string of the molecule is CCCCNC(=O)[C@H](CC)N(Cc1ccc(OC)cc1)C(=O)CN(c1ccccc1Cl)S(C)(=O)=O. The van der Waals surface area contributed by atoms with Crippen LogP contribution in [0.25, 0.3) is 0 Å². The molecule has 0 aliphatic carbocycles. The molecule has 0 aliphatic heterocycles. The number of nitrogens with zero attached hydrogens (tertiary/aromatic N) is 2. The van der Waals surface area contributed by atoms with E-state index in [4.69, 9.17) is 16.3 Å². The van der Waals surface area contributed by atoms with Gasteiger partial charge in [0.2, 0.25) is 21.8 Å². The Hall–Kier alpha value is -2.78. The van der Waals surface area contributed by atoms with Crippen LogP contribution in [0.1, 0.15) is 38.7 Å². The van der Waals surface area contributed by atoms with Crippen molar-refractivity contribution in [3.8, 4) is 5.75 Å². The van der Waals surface area contributed by atoms with Crippen molar-refractivity contribution in [1.29, 1.82) is 0 Å². The van der Waals surface area contributed by atoms with Gasteiger partial charge in [0.15, 0.2) is 0 Å². The number of para-hydroxylation sites is 1. The number of nitrogens with one attached hydrogen (secondary N) is 1. The third-order valence-corrected chi connectivity index (χ3v) is 6.97. The van der Waals surface area contributed by atoms with E-state index in [0.29, 0.717) is 18.7 Å². The smallest absolute Gasteiger partial charge is 0.244 e. The lowest BCUT2D eigenvalue weighted by Gasteiger charge is -2.33. The molecule has 0 aromatic heterocycles. The number of sulfonamides is 1. The van der Waals surface area contributed by atoms with Crippen molar-refractivity contribution in [2.24, 2.45) is 0 Å². The molecule has 0 spiro atoms. The van der Waals surface area contributed by atoms with E-state index in [2.05, 4.69) is 5.32 Å². The van der Waals surface area contributed by atoms with Gasteiger partial charge >= 0.3 is 0 Å². The van der Waals surface area contributed by atoms with Crippen molar-refractivity contribution in [3.63, 3.8) is 0 Å². The molecule has 1 atom stereocenters. The normalized spacial score (nSPS) is 12.0. The standard InChI is InChI=1S/C25H34ClN3O5S/c1-5-7-16-27-25(31)22(6-2)28(17-19-12-14-20(34-3)15-13-19)24(30)18-29(35(4,32)33)23-11-9-8-10-21(23)26/h8-15,22H,5-7,16-18H2,1-4H3,(H,27,31)/t22-/m0/s1. The average Bonchev–Trinajstić information content (AvgIpc) is 2.82. The van der Waals surface area contributed by atoms with Crippen LogP contribution in [0.5, 0.6) is 5.75 Å². The number of methoxy groups -OCH3 is 1. The van der Waals surface area contributed by atoms with Crippen molar-refractivity contribution >= 4 is 39.1 Å². The van der Waals surface area contributed by atoms with Gasteiger partial charge in [0.05, 0.1) is 24.1 Å². The number of amides is 2. The summed E-state index contributed by atoms with van der Waals surface area (Å²) in [6.07, 6.45) is 3.13. The topological polar surface area (TPSA) is 96.0 Å². The second-order valence-electron chi connectivity index (χ2n) is 8.16. The van der Waals surface area contributed by atoms with Crippen LogP contribution in [0.2, 0.25) is 5.02 Å². The van der Waals surface area contributed by atoms with Gasteiger partial charge in [-0.15, -0.1) is 0 Å². The van der Waals surface area contributed by atoms with Crippen LogP contribution in [0.3, 0.4) is 0 Å². The van der Waals surface area contributed by atoms with E-state index in [1.165, 1.54) is 4.90 Å². The van der Waals surface area contributed by atoms with Gasteiger partial charge in [-0.3, -0.25) is 13.9 Å². The Labute approximate surface area is 213 Å². The fourth-order valence-electron chi connectivity index (χ4n) is 3.60. The van der Waals surface area contributed by atoms with Crippen LogP contribution < -0.4 is 14.4 Å². The van der Waals surface area contributed by atoms with Crippen molar-refractivity contribution in [1.82, 2.24) is 10.2 Å². The van der Waals surface area contributed by atoms with E-state index < -0.39 is 28.5 Å². The fourth-order valence-corrected chi connectivity index (χ4v) is 4.75. The predicted octanol–water partition coefficient (Wildman–Crippen LogP) is 3.84. The molecule has 2 rings (SSSR count). The highest BCUT2D eigenvalue weighted by Gasteiger charge is 2.32. The Kier molecular flexibility index (Phi) is 10.9. The minimum atomic E-state index is -3.84. The first-order valence-corrected chi connectivity index (χ1v) is 13.8. The minimum Gasteiger partial charge on any atom is -0.497 e. The number of carbonyl (C=O) groups is 2. The fraction of sp³-hybridized carbons (Fsp3) is 0.440. The second-order valence-corrected chi connectivity index (χ2v) is 10.5. The maximum Gasteiger partial charge on any atom is 0.244 e. The summed E-state index contributed by atoms with van der Waals surface area (Å²) in [7, 11) is -2.27. The zero-order valence-corrected chi connectivity index (χ0v) is 22.2. The Morgan fingerprint density at radius 2 is 1.74 bits per heavy atom. The van der Waals surface area contributed by atoms with Crippen LogP contribution in [0.4, 0.5) is 5.69 Å². The summed E-state index contributed by atoms with van der Waals surface area (Å²) in [5.41, 5.74) is 0.984. The third-order valence-electron chi connectivity index (χ3n) is 5.53. The highest BCUT2D eigenvalue weighted by molar-refractivity contribution is 7.92. The van der Waals surface area contributed by atoms with E-state index >= 15 is 0 Å². The van der Waals surface area contributed by atoms with Crippen LogP contribution in [0.15, 0.2) is 48.5 Å². The summed E-state index contributed by atoms with van der Waals surface area (Å²) >= 11 is 6.25. The summed E-state index contributed by atoms with van der Waals surface area (Å²) in [5.74, 6) is -0.118. The van der Waals surface area contributed by atoms with Crippen LogP contribution in [-0.4, -0.2) is 57.6 Å². The summed E-state index contributed by atoms with van der Waals surface area (Å²) in [5, 5.41) is 3.10. The predicted molar refractivity (Wildman–Crippen MR) is 139 cm³/mol.